The second kappa shape index (κ2) is 4.61. The van der Waals surface area contributed by atoms with E-state index in [1.807, 2.05) is 13.8 Å². The lowest BCUT2D eigenvalue weighted by atomic mass is 10.5. The molecule has 14 heavy (non-hydrogen) atoms. The second-order valence-corrected chi connectivity index (χ2v) is 3.82. The average Bonchev–Trinajstić information content (AvgIpc) is 2.52. The zero-order chi connectivity index (χ0) is 10.6. The fraction of sp³-hybridized carbons (Fsp3) is 0.250. The van der Waals surface area contributed by atoms with Gasteiger partial charge in [-0.05, 0) is 19.9 Å². The van der Waals surface area contributed by atoms with E-state index in [1.54, 1.807) is 6.07 Å². The summed E-state index contributed by atoms with van der Waals surface area (Å²) >= 11 is 1.08. The molecule has 0 amide bonds. The summed E-state index contributed by atoms with van der Waals surface area (Å²) in [5.41, 5.74) is 0.840. The van der Waals surface area contributed by atoms with Crippen LogP contribution in [0.3, 0.4) is 0 Å². The zero-order valence-electron chi connectivity index (χ0n) is 7.80. The topological polar surface area (TPSA) is 67.9 Å². The van der Waals surface area contributed by atoms with Crippen molar-refractivity contribution in [2.45, 2.75) is 13.8 Å². The summed E-state index contributed by atoms with van der Waals surface area (Å²) in [6.07, 6.45) is 1.50. The number of nitro groups is 1. The fourth-order valence-electron chi connectivity index (χ4n) is 0.711. The molecule has 0 saturated heterocycles. The Hall–Kier alpha value is -1.56. The molecule has 5 nitrogen and oxygen atoms in total. The molecule has 1 aromatic heterocycles. The fourth-order valence-corrected chi connectivity index (χ4v) is 1.40. The van der Waals surface area contributed by atoms with Crippen molar-refractivity contribution in [2.24, 2.45) is 10.2 Å². The first-order chi connectivity index (χ1) is 6.59. The maximum atomic E-state index is 10.3. The smallest absolute Gasteiger partial charge is 0.258 e. The third-order valence-electron chi connectivity index (χ3n) is 1.24. The van der Waals surface area contributed by atoms with Crippen LogP contribution in [0.2, 0.25) is 0 Å². The number of hydrogen-bond acceptors (Lipinski definition) is 5. The van der Waals surface area contributed by atoms with E-state index in [4.69, 9.17) is 0 Å². The van der Waals surface area contributed by atoms with Crippen LogP contribution in [0.5, 0.6) is 0 Å². The average molecular weight is 211 g/mol. The van der Waals surface area contributed by atoms with Gasteiger partial charge in [0.05, 0.1) is 16.0 Å². The van der Waals surface area contributed by atoms with Gasteiger partial charge in [-0.1, -0.05) is 11.3 Å². The minimum atomic E-state index is -0.420. The van der Waals surface area contributed by atoms with Gasteiger partial charge in [0.25, 0.3) is 0 Å². The summed E-state index contributed by atoms with van der Waals surface area (Å²) in [7, 11) is 0. The van der Waals surface area contributed by atoms with Crippen LogP contribution in [-0.2, 0) is 0 Å². The Kier molecular flexibility index (Phi) is 3.47. The molecule has 0 spiro atoms. The van der Waals surface area contributed by atoms with Crippen LogP contribution in [-0.4, -0.2) is 16.8 Å². The van der Waals surface area contributed by atoms with Gasteiger partial charge >= 0.3 is 5.00 Å². The molecule has 0 fully saturated rings. The Bertz CT molecular complexity index is 391. The lowest BCUT2D eigenvalue weighted by molar-refractivity contribution is -0.380. The molecule has 1 aromatic rings. The van der Waals surface area contributed by atoms with Gasteiger partial charge in [0, 0.05) is 11.8 Å². The maximum Gasteiger partial charge on any atom is 0.324 e. The highest BCUT2D eigenvalue weighted by Gasteiger charge is 2.07. The summed E-state index contributed by atoms with van der Waals surface area (Å²) in [5.74, 6) is 0. The van der Waals surface area contributed by atoms with Crippen LogP contribution in [0.4, 0.5) is 5.00 Å². The molecule has 0 aliphatic rings. The summed E-state index contributed by atoms with van der Waals surface area (Å²) in [6.45, 7) is 3.66. The maximum absolute atomic E-state index is 10.3. The SMILES string of the molecule is CC(C)=N/N=C/c1ccc([N+](=O)[O-])s1. The van der Waals surface area contributed by atoms with Crippen molar-refractivity contribution < 1.29 is 4.92 Å². The third-order valence-corrected chi connectivity index (χ3v) is 2.21. The van der Waals surface area contributed by atoms with Gasteiger partial charge in [0.1, 0.15) is 0 Å². The molecule has 0 bridgehead atoms. The van der Waals surface area contributed by atoms with E-state index >= 15 is 0 Å². The van der Waals surface area contributed by atoms with Gasteiger partial charge in [0.2, 0.25) is 0 Å². The first-order valence-corrected chi connectivity index (χ1v) is 4.69. The molecule has 0 N–H and O–H groups in total. The molecule has 0 aliphatic carbocycles. The predicted molar refractivity (Wildman–Crippen MR) is 57.4 cm³/mol. The van der Waals surface area contributed by atoms with Gasteiger partial charge in [-0.25, -0.2) is 0 Å². The van der Waals surface area contributed by atoms with Crippen LogP contribution in [0.25, 0.3) is 0 Å². The zero-order valence-corrected chi connectivity index (χ0v) is 8.61. The number of rotatable bonds is 3. The van der Waals surface area contributed by atoms with E-state index in [9.17, 15) is 10.1 Å². The van der Waals surface area contributed by atoms with E-state index in [1.165, 1.54) is 12.3 Å². The number of hydrogen-bond donors (Lipinski definition) is 0. The molecule has 6 heteroatoms. The van der Waals surface area contributed by atoms with E-state index in [0.29, 0.717) is 0 Å². The van der Waals surface area contributed by atoms with Gasteiger partial charge < -0.3 is 0 Å². The van der Waals surface area contributed by atoms with Crippen molar-refractivity contribution in [3.8, 4) is 0 Å². The van der Waals surface area contributed by atoms with Crippen LogP contribution in [0.15, 0.2) is 22.3 Å². The van der Waals surface area contributed by atoms with E-state index < -0.39 is 4.92 Å². The quantitative estimate of drug-likeness (QED) is 0.438. The summed E-state index contributed by atoms with van der Waals surface area (Å²) < 4.78 is 0. The highest BCUT2D eigenvalue weighted by atomic mass is 32.1. The van der Waals surface area contributed by atoms with Gasteiger partial charge in [-0.3, -0.25) is 10.1 Å². The lowest BCUT2D eigenvalue weighted by Gasteiger charge is -1.82. The second-order valence-electron chi connectivity index (χ2n) is 2.72. The first kappa shape index (κ1) is 10.5. The van der Waals surface area contributed by atoms with Crippen molar-refractivity contribution in [3.05, 3.63) is 27.1 Å². The predicted octanol–water partition coefficient (Wildman–Crippen LogP) is 2.47. The Balaban J connectivity index is 2.74. The molecule has 0 radical (unpaired) electrons. The Morgan fingerprint density at radius 3 is 2.79 bits per heavy atom. The molecule has 1 heterocycles. The standard InChI is InChI=1S/C8H9N3O2S/c1-6(2)10-9-5-7-3-4-8(14-7)11(12)13/h3-5H,1-2H3/b9-5+. The van der Waals surface area contributed by atoms with Crippen molar-refractivity contribution in [1.29, 1.82) is 0 Å². The van der Waals surface area contributed by atoms with Crippen molar-refractivity contribution in [1.82, 2.24) is 0 Å². The lowest BCUT2D eigenvalue weighted by Crippen LogP contribution is -1.80. The Morgan fingerprint density at radius 2 is 2.29 bits per heavy atom. The van der Waals surface area contributed by atoms with Crippen molar-refractivity contribution >= 4 is 28.3 Å². The van der Waals surface area contributed by atoms with Crippen LogP contribution in [0.1, 0.15) is 18.7 Å². The van der Waals surface area contributed by atoms with E-state index in [2.05, 4.69) is 10.2 Å². The van der Waals surface area contributed by atoms with E-state index in [0.717, 1.165) is 21.9 Å². The molecule has 0 aliphatic heterocycles. The van der Waals surface area contributed by atoms with Crippen LogP contribution >= 0.6 is 11.3 Å². The molecular weight excluding hydrogens is 202 g/mol. The summed E-state index contributed by atoms with van der Waals surface area (Å²) in [6, 6.07) is 3.10. The summed E-state index contributed by atoms with van der Waals surface area (Å²) in [4.78, 5) is 10.6. The van der Waals surface area contributed by atoms with Crippen molar-refractivity contribution in [2.75, 3.05) is 0 Å². The van der Waals surface area contributed by atoms with Gasteiger partial charge in [-0.2, -0.15) is 10.2 Å². The minimum absolute atomic E-state index is 0.114. The first-order valence-electron chi connectivity index (χ1n) is 3.88. The van der Waals surface area contributed by atoms with E-state index in [-0.39, 0.29) is 5.00 Å². The molecular formula is C8H9N3O2S. The molecule has 0 saturated carbocycles. The van der Waals surface area contributed by atoms with Crippen LogP contribution < -0.4 is 0 Å². The Labute approximate surface area is 84.9 Å². The third kappa shape index (κ3) is 3.06. The van der Waals surface area contributed by atoms with Crippen molar-refractivity contribution in [3.63, 3.8) is 0 Å². The molecule has 1 rings (SSSR count). The summed E-state index contributed by atoms with van der Waals surface area (Å²) in [5, 5.41) is 18.0. The Morgan fingerprint density at radius 1 is 1.57 bits per heavy atom. The largest absolute Gasteiger partial charge is 0.324 e. The van der Waals surface area contributed by atoms with Crippen LogP contribution in [0, 0.1) is 10.1 Å². The molecule has 0 atom stereocenters. The van der Waals surface area contributed by atoms with Gasteiger partial charge in [-0.15, -0.1) is 0 Å². The highest BCUT2D eigenvalue weighted by molar-refractivity contribution is 7.16. The molecule has 0 aromatic carbocycles. The molecule has 74 valence electrons. The minimum Gasteiger partial charge on any atom is -0.258 e. The molecule has 0 unspecified atom stereocenters. The highest BCUT2D eigenvalue weighted by Crippen LogP contribution is 2.22. The normalized spacial score (nSPS) is 10.4. The monoisotopic (exact) mass is 211 g/mol. The number of thiophene rings is 1. The van der Waals surface area contributed by atoms with Gasteiger partial charge in [0.15, 0.2) is 0 Å². The number of nitrogens with zero attached hydrogens (tertiary/aromatic N) is 3.